The zero-order chi connectivity index (χ0) is 22.2. The molecule has 0 amide bonds. The van der Waals surface area contributed by atoms with Gasteiger partial charge < -0.3 is 10.0 Å². The number of nitrogens with zero attached hydrogens (tertiary/aromatic N) is 3. The third kappa shape index (κ3) is 5.72. The number of carbonyl (C=O) groups is 1. The van der Waals surface area contributed by atoms with Crippen molar-refractivity contribution in [2.75, 3.05) is 11.4 Å². The number of anilines is 1. The maximum atomic E-state index is 11.8. The summed E-state index contributed by atoms with van der Waals surface area (Å²) >= 11 is 0. The number of aromatic carboxylic acids is 1. The number of carboxylic acid groups (broad SMARTS) is 1. The van der Waals surface area contributed by atoms with E-state index < -0.39 is 5.97 Å². The molecule has 0 radical (unpaired) electrons. The molecule has 3 aromatic rings. The molecule has 4 rings (SSSR count). The molecule has 5 nitrogen and oxygen atoms in total. The van der Waals surface area contributed by atoms with E-state index in [9.17, 15) is 9.90 Å². The molecule has 0 spiro atoms. The summed E-state index contributed by atoms with van der Waals surface area (Å²) in [5, 5.41) is 9.65. The Labute approximate surface area is 190 Å². The van der Waals surface area contributed by atoms with E-state index in [-0.39, 0.29) is 5.56 Å². The zero-order valence-electron chi connectivity index (χ0n) is 18.5. The second-order valence-electron chi connectivity index (χ2n) is 8.54. The Morgan fingerprint density at radius 1 is 0.938 bits per heavy atom. The van der Waals surface area contributed by atoms with Gasteiger partial charge in [-0.15, -0.1) is 0 Å². The summed E-state index contributed by atoms with van der Waals surface area (Å²) in [5.74, 6) is -0.270. The first-order chi connectivity index (χ1) is 15.7. The molecule has 0 unspecified atom stereocenters. The third-order valence-electron chi connectivity index (χ3n) is 6.30. The molecular weight excluding hydrogens is 398 g/mol. The van der Waals surface area contributed by atoms with E-state index in [0.29, 0.717) is 24.1 Å². The Bertz CT molecular complexity index is 1010. The van der Waals surface area contributed by atoms with Crippen LogP contribution in [0.5, 0.6) is 0 Å². The van der Waals surface area contributed by atoms with Gasteiger partial charge in [0, 0.05) is 18.8 Å². The van der Waals surface area contributed by atoms with Gasteiger partial charge in [0.15, 0.2) is 0 Å². The van der Waals surface area contributed by atoms with Crippen molar-refractivity contribution in [2.45, 2.75) is 57.4 Å². The van der Waals surface area contributed by atoms with Gasteiger partial charge in [-0.1, -0.05) is 60.7 Å². The van der Waals surface area contributed by atoms with E-state index >= 15 is 0 Å². The van der Waals surface area contributed by atoms with Crippen molar-refractivity contribution in [1.82, 2.24) is 9.97 Å². The Morgan fingerprint density at radius 3 is 2.31 bits per heavy atom. The van der Waals surface area contributed by atoms with Crippen LogP contribution in [-0.4, -0.2) is 33.6 Å². The van der Waals surface area contributed by atoms with Crippen LogP contribution in [0.1, 0.15) is 59.3 Å². The number of hydrogen-bond donors (Lipinski definition) is 1. The lowest BCUT2D eigenvalue weighted by atomic mass is 9.96. The van der Waals surface area contributed by atoms with Crippen LogP contribution in [-0.2, 0) is 19.3 Å². The fourth-order valence-corrected chi connectivity index (χ4v) is 4.56. The minimum Gasteiger partial charge on any atom is -0.478 e. The maximum absolute atomic E-state index is 11.8. The van der Waals surface area contributed by atoms with E-state index in [4.69, 9.17) is 4.98 Å². The summed E-state index contributed by atoms with van der Waals surface area (Å²) in [6.07, 6.45) is 9.44. The molecule has 0 bridgehead atoms. The van der Waals surface area contributed by atoms with Gasteiger partial charge in [-0.05, 0) is 62.5 Å². The molecule has 1 saturated heterocycles. The fourth-order valence-electron chi connectivity index (χ4n) is 4.56. The molecule has 0 saturated carbocycles. The predicted molar refractivity (Wildman–Crippen MR) is 127 cm³/mol. The number of hydrogen-bond acceptors (Lipinski definition) is 4. The molecular formula is C27H31N3O2. The van der Waals surface area contributed by atoms with Gasteiger partial charge in [0.2, 0.25) is 5.95 Å². The zero-order valence-corrected chi connectivity index (χ0v) is 18.5. The Kier molecular flexibility index (Phi) is 7.49. The monoisotopic (exact) mass is 429 g/mol. The van der Waals surface area contributed by atoms with Crippen LogP contribution in [0.25, 0.3) is 0 Å². The average molecular weight is 430 g/mol. The topological polar surface area (TPSA) is 66.3 Å². The van der Waals surface area contributed by atoms with Gasteiger partial charge in [0.25, 0.3) is 0 Å². The predicted octanol–water partition coefficient (Wildman–Crippen LogP) is 5.34. The van der Waals surface area contributed by atoms with Crippen LogP contribution >= 0.6 is 0 Å². The standard InChI is InChI=1S/C27H31N3O2/c31-26(32)24-20-28-27(29-25(24)16-9-14-21-10-3-1-4-11-21)30-19-8-7-15-23(30)18-17-22-12-5-2-6-13-22/h1-6,10-13,20,23H,7-9,14-19H2,(H,31,32)/t23-/m1/s1. The van der Waals surface area contributed by atoms with Gasteiger partial charge in [-0.3, -0.25) is 0 Å². The van der Waals surface area contributed by atoms with Crippen LogP contribution in [0.15, 0.2) is 66.9 Å². The molecule has 1 fully saturated rings. The fraction of sp³-hybridized carbons (Fsp3) is 0.370. The van der Waals surface area contributed by atoms with Crippen molar-refractivity contribution < 1.29 is 9.90 Å². The molecule has 166 valence electrons. The number of carboxylic acids is 1. The molecule has 0 aliphatic carbocycles. The van der Waals surface area contributed by atoms with Gasteiger partial charge in [0.05, 0.1) is 11.3 Å². The molecule has 1 N–H and O–H groups in total. The first-order valence-corrected chi connectivity index (χ1v) is 11.6. The lowest BCUT2D eigenvalue weighted by Gasteiger charge is -2.36. The molecule has 1 aliphatic rings. The van der Waals surface area contributed by atoms with Crippen molar-refractivity contribution in [3.63, 3.8) is 0 Å². The first-order valence-electron chi connectivity index (χ1n) is 11.6. The Hall–Kier alpha value is -3.21. The van der Waals surface area contributed by atoms with Gasteiger partial charge in [-0.25, -0.2) is 14.8 Å². The molecule has 1 aromatic heterocycles. The van der Waals surface area contributed by atoms with Crippen LogP contribution in [0, 0.1) is 0 Å². The minimum atomic E-state index is -0.953. The molecule has 2 heterocycles. The molecule has 1 aliphatic heterocycles. The van der Waals surface area contributed by atoms with E-state index in [0.717, 1.165) is 45.1 Å². The van der Waals surface area contributed by atoms with Crippen LogP contribution in [0.3, 0.4) is 0 Å². The van der Waals surface area contributed by atoms with Gasteiger partial charge >= 0.3 is 5.97 Å². The van der Waals surface area contributed by atoms with Crippen LogP contribution in [0.2, 0.25) is 0 Å². The van der Waals surface area contributed by atoms with Crippen molar-refractivity contribution >= 4 is 11.9 Å². The molecule has 32 heavy (non-hydrogen) atoms. The summed E-state index contributed by atoms with van der Waals surface area (Å²) < 4.78 is 0. The van der Waals surface area contributed by atoms with Crippen molar-refractivity contribution in [3.05, 3.63) is 89.2 Å². The highest BCUT2D eigenvalue weighted by Crippen LogP contribution is 2.26. The number of aryl methyl sites for hydroxylation is 3. The summed E-state index contributed by atoms with van der Waals surface area (Å²) in [5.41, 5.74) is 3.47. The highest BCUT2D eigenvalue weighted by Gasteiger charge is 2.25. The highest BCUT2D eigenvalue weighted by molar-refractivity contribution is 5.88. The van der Waals surface area contributed by atoms with Gasteiger partial charge in [0.1, 0.15) is 0 Å². The third-order valence-corrected chi connectivity index (χ3v) is 6.30. The van der Waals surface area contributed by atoms with E-state index in [1.165, 1.54) is 23.7 Å². The largest absolute Gasteiger partial charge is 0.478 e. The highest BCUT2D eigenvalue weighted by atomic mass is 16.4. The summed E-state index contributed by atoms with van der Waals surface area (Å²) in [6, 6.07) is 21.3. The quantitative estimate of drug-likeness (QED) is 0.497. The Balaban J connectivity index is 1.48. The molecule has 2 aromatic carbocycles. The maximum Gasteiger partial charge on any atom is 0.339 e. The van der Waals surface area contributed by atoms with Crippen molar-refractivity contribution in [2.24, 2.45) is 0 Å². The van der Waals surface area contributed by atoms with Gasteiger partial charge in [-0.2, -0.15) is 0 Å². The summed E-state index contributed by atoms with van der Waals surface area (Å²) in [6.45, 7) is 0.926. The molecule has 5 heteroatoms. The Morgan fingerprint density at radius 2 is 1.62 bits per heavy atom. The number of benzene rings is 2. The second-order valence-corrected chi connectivity index (χ2v) is 8.54. The average Bonchev–Trinajstić information content (AvgIpc) is 2.84. The normalized spacial score (nSPS) is 16.1. The van der Waals surface area contributed by atoms with E-state index in [2.05, 4.69) is 46.3 Å². The SMILES string of the molecule is O=C(O)c1cnc(N2CCCC[C@@H]2CCc2ccccc2)nc1CCCc1ccccc1. The first kappa shape index (κ1) is 22.0. The summed E-state index contributed by atoms with van der Waals surface area (Å²) in [4.78, 5) is 23.4. The lowest BCUT2D eigenvalue weighted by Crippen LogP contribution is -2.41. The van der Waals surface area contributed by atoms with Crippen molar-refractivity contribution in [3.8, 4) is 0 Å². The van der Waals surface area contributed by atoms with Crippen molar-refractivity contribution in [1.29, 1.82) is 0 Å². The number of rotatable bonds is 9. The number of piperidine rings is 1. The summed E-state index contributed by atoms with van der Waals surface area (Å²) in [7, 11) is 0. The van der Waals surface area contributed by atoms with E-state index in [1.807, 2.05) is 24.3 Å². The lowest BCUT2D eigenvalue weighted by molar-refractivity contribution is 0.0694. The second kappa shape index (κ2) is 10.9. The molecule has 1 atom stereocenters. The smallest absolute Gasteiger partial charge is 0.339 e. The minimum absolute atomic E-state index is 0.222. The number of aromatic nitrogens is 2. The van der Waals surface area contributed by atoms with E-state index in [1.54, 1.807) is 0 Å². The van der Waals surface area contributed by atoms with Crippen LogP contribution < -0.4 is 4.90 Å². The van der Waals surface area contributed by atoms with Crippen LogP contribution in [0.4, 0.5) is 5.95 Å².